The van der Waals surface area contributed by atoms with E-state index in [2.05, 4.69) is 14.5 Å². The molecule has 0 aromatic heterocycles. The smallest absolute Gasteiger partial charge is 0.305 e. The van der Waals surface area contributed by atoms with Crippen molar-refractivity contribution >= 4 is 0 Å². The average Bonchev–Trinajstić information content (AvgIpc) is 2.16. The van der Waals surface area contributed by atoms with Crippen LogP contribution in [0, 0.1) is 19.7 Å². The minimum Gasteiger partial charge on any atom is -0.305 e. The van der Waals surface area contributed by atoms with Gasteiger partial charge in [-0.25, -0.2) is 19.7 Å². The van der Waals surface area contributed by atoms with E-state index in [0.29, 0.717) is 0 Å². The molecule has 1 saturated carbocycles. The molecule has 0 N–H and O–H groups in total. The summed E-state index contributed by atoms with van der Waals surface area (Å²) in [5, 5.41) is 0. The lowest BCUT2D eigenvalue weighted by atomic mass is 9.87. The molecule has 2 unspecified atom stereocenters. The molecule has 0 aromatic rings. The molecular formula is C9H9N3. The summed E-state index contributed by atoms with van der Waals surface area (Å²) in [6.07, 6.45) is 2.51. The van der Waals surface area contributed by atoms with Crippen molar-refractivity contribution in [2.24, 2.45) is 0 Å². The minimum absolute atomic E-state index is 0.227. The Kier molecular flexibility index (Phi) is 2.67. The van der Waals surface area contributed by atoms with Gasteiger partial charge in [-0.15, -0.1) is 0 Å². The molecule has 1 fully saturated rings. The zero-order chi connectivity index (χ0) is 8.97. The number of rotatable bonds is 0. The van der Waals surface area contributed by atoms with E-state index >= 15 is 0 Å². The van der Waals surface area contributed by atoms with Gasteiger partial charge in [0.25, 0.3) is 0 Å². The maximum atomic E-state index is 6.90. The van der Waals surface area contributed by atoms with Crippen LogP contribution >= 0.6 is 0 Å². The van der Waals surface area contributed by atoms with Crippen LogP contribution in [0.3, 0.4) is 0 Å². The fraction of sp³-hybridized carbons (Fsp3) is 0.667. The molecule has 60 valence electrons. The summed E-state index contributed by atoms with van der Waals surface area (Å²) in [4.78, 5) is 10.2. The summed E-state index contributed by atoms with van der Waals surface area (Å²) in [7, 11) is 0. The minimum atomic E-state index is -0.367. The van der Waals surface area contributed by atoms with E-state index < -0.39 is 0 Å². The highest BCUT2D eigenvalue weighted by molar-refractivity contribution is 5.10. The fourth-order valence-electron chi connectivity index (χ4n) is 1.59. The van der Waals surface area contributed by atoms with E-state index in [1.165, 1.54) is 0 Å². The Labute approximate surface area is 72.5 Å². The standard InChI is InChI=1S/C9H9N3/c1-10-7-5-4-6-8(11-2)9(7)12-3/h7-9H,4-6H2. The Morgan fingerprint density at radius 2 is 1.33 bits per heavy atom. The Hall–Kier alpha value is -1.53. The molecule has 3 heteroatoms. The van der Waals surface area contributed by atoms with Gasteiger partial charge in [0.1, 0.15) is 0 Å². The summed E-state index contributed by atoms with van der Waals surface area (Å²) in [6.45, 7) is 20.7. The summed E-state index contributed by atoms with van der Waals surface area (Å²) in [5.74, 6) is 0. The molecule has 0 spiro atoms. The van der Waals surface area contributed by atoms with E-state index in [9.17, 15) is 0 Å². The first-order valence-electron chi connectivity index (χ1n) is 3.93. The topological polar surface area (TPSA) is 13.1 Å². The third-order valence-electron chi connectivity index (χ3n) is 2.27. The van der Waals surface area contributed by atoms with Crippen molar-refractivity contribution in [2.75, 3.05) is 0 Å². The summed E-state index contributed by atoms with van der Waals surface area (Å²) < 4.78 is 0. The van der Waals surface area contributed by atoms with Gasteiger partial charge in [0.2, 0.25) is 0 Å². The zero-order valence-electron chi connectivity index (χ0n) is 6.70. The number of nitrogens with zero attached hydrogens (tertiary/aromatic N) is 3. The maximum Gasteiger partial charge on any atom is 0.369 e. The normalized spacial score (nSPS) is 34.2. The van der Waals surface area contributed by atoms with E-state index in [-0.39, 0.29) is 18.1 Å². The van der Waals surface area contributed by atoms with Gasteiger partial charge in [0, 0.05) is 12.8 Å². The molecule has 1 aliphatic rings. The predicted octanol–water partition coefficient (Wildman–Crippen LogP) is 2.03. The quantitative estimate of drug-likeness (QED) is 0.480. The van der Waals surface area contributed by atoms with E-state index in [4.69, 9.17) is 19.7 Å². The van der Waals surface area contributed by atoms with Gasteiger partial charge >= 0.3 is 18.1 Å². The Morgan fingerprint density at radius 3 is 1.67 bits per heavy atom. The molecule has 2 atom stereocenters. The van der Waals surface area contributed by atoms with Crippen LogP contribution in [-0.4, -0.2) is 18.1 Å². The molecule has 1 aliphatic carbocycles. The highest BCUT2D eigenvalue weighted by Gasteiger charge is 2.47. The third kappa shape index (κ3) is 1.39. The molecule has 0 aromatic carbocycles. The molecule has 0 heterocycles. The van der Waals surface area contributed by atoms with Gasteiger partial charge in [-0.2, -0.15) is 0 Å². The van der Waals surface area contributed by atoms with Crippen molar-refractivity contribution in [2.45, 2.75) is 37.4 Å². The highest BCUT2D eigenvalue weighted by atomic mass is 14.9. The van der Waals surface area contributed by atoms with Crippen LogP contribution in [0.1, 0.15) is 19.3 Å². The molecule has 0 amide bonds. The third-order valence-corrected chi connectivity index (χ3v) is 2.27. The molecule has 1 rings (SSSR count). The van der Waals surface area contributed by atoms with Crippen molar-refractivity contribution in [3.05, 3.63) is 34.3 Å². The van der Waals surface area contributed by atoms with Crippen LogP contribution in [0.2, 0.25) is 0 Å². The first-order valence-corrected chi connectivity index (χ1v) is 3.93. The highest BCUT2D eigenvalue weighted by Crippen LogP contribution is 2.26. The van der Waals surface area contributed by atoms with Crippen molar-refractivity contribution in [1.82, 2.24) is 0 Å². The lowest BCUT2D eigenvalue weighted by Crippen LogP contribution is -2.35. The monoisotopic (exact) mass is 159 g/mol. The van der Waals surface area contributed by atoms with Gasteiger partial charge in [-0.3, -0.25) is 4.85 Å². The molecule has 0 aliphatic heterocycles. The first kappa shape index (κ1) is 8.57. The van der Waals surface area contributed by atoms with Gasteiger partial charge in [0.05, 0.1) is 0 Å². The van der Waals surface area contributed by atoms with Crippen LogP contribution < -0.4 is 0 Å². The molecule has 0 radical (unpaired) electrons. The lowest BCUT2D eigenvalue weighted by molar-refractivity contribution is 0.436. The Balaban J connectivity index is 2.77. The average molecular weight is 159 g/mol. The second-order valence-electron chi connectivity index (χ2n) is 2.94. The molecular weight excluding hydrogens is 150 g/mol. The lowest BCUT2D eigenvalue weighted by Gasteiger charge is -2.15. The molecule has 3 nitrogen and oxygen atoms in total. The first-order chi connectivity index (χ1) is 5.83. The molecule has 12 heavy (non-hydrogen) atoms. The summed E-state index contributed by atoms with van der Waals surface area (Å²) in [6, 6.07) is -0.820. The molecule has 0 saturated heterocycles. The van der Waals surface area contributed by atoms with Gasteiger partial charge in [-0.1, -0.05) is 0 Å². The second kappa shape index (κ2) is 3.74. The van der Waals surface area contributed by atoms with Crippen LogP contribution in [-0.2, 0) is 0 Å². The number of hydrogen-bond donors (Lipinski definition) is 0. The summed E-state index contributed by atoms with van der Waals surface area (Å²) in [5.41, 5.74) is 0. The molecule has 0 bridgehead atoms. The number of hydrogen-bond acceptors (Lipinski definition) is 0. The maximum absolute atomic E-state index is 6.90. The Morgan fingerprint density at radius 1 is 0.833 bits per heavy atom. The largest absolute Gasteiger partial charge is 0.369 e. The van der Waals surface area contributed by atoms with Crippen LogP contribution in [0.4, 0.5) is 0 Å². The van der Waals surface area contributed by atoms with Crippen molar-refractivity contribution in [3.63, 3.8) is 0 Å². The van der Waals surface area contributed by atoms with E-state index in [1.54, 1.807) is 0 Å². The predicted molar refractivity (Wildman–Crippen MR) is 45.0 cm³/mol. The van der Waals surface area contributed by atoms with Crippen LogP contribution in [0.5, 0.6) is 0 Å². The fourth-order valence-corrected chi connectivity index (χ4v) is 1.59. The van der Waals surface area contributed by atoms with E-state index in [1.807, 2.05) is 0 Å². The Bertz CT molecular complexity index is 254. The van der Waals surface area contributed by atoms with E-state index in [0.717, 1.165) is 19.3 Å². The van der Waals surface area contributed by atoms with Crippen molar-refractivity contribution < 1.29 is 0 Å². The van der Waals surface area contributed by atoms with Gasteiger partial charge in [-0.05, 0) is 6.42 Å². The zero-order valence-corrected chi connectivity index (χ0v) is 6.70. The van der Waals surface area contributed by atoms with Crippen LogP contribution in [0.15, 0.2) is 0 Å². The second-order valence-corrected chi connectivity index (χ2v) is 2.94. The summed E-state index contributed by atoms with van der Waals surface area (Å²) >= 11 is 0. The van der Waals surface area contributed by atoms with Crippen molar-refractivity contribution in [1.29, 1.82) is 0 Å². The van der Waals surface area contributed by atoms with Crippen LogP contribution in [0.25, 0.3) is 14.5 Å². The van der Waals surface area contributed by atoms with Gasteiger partial charge in [0.15, 0.2) is 0 Å². The SMILES string of the molecule is [C-]#[N+]C1CCCC([N+]#[C-])C1[N+]#[C-]. The van der Waals surface area contributed by atoms with Gasteiger partial charge < -0.3 is 9.69 Å². The van der Waals surface area contributed by atoms with Crippen molar-refractivity contribution in [3.8, 4) is 0 Å².